The second kappa shape index (κ2) is 12.6. The molecule has 40 heavy (non-hydrogen) atoms. The van der Waals surface area contributed by atoms with Crippen LogP contribution in [-0.2, 0) is 14.8 Å². The fourth-order valence-electron chi connectivity index (χ4n) is 4.95. The minimum atomic E-state index is -3.70. The van der Waals surface area contributed by atoms with E-state index in [1.165, 1.54) is 6.07 Å². The van der Waals surface area contributed by atoms with Crippen molar-refractivity contribution in [2.45, 2.75) is 32.4 Å². The van der Waals surface area contributed by atoms with E-state index in [9.17, 15) is 18.0 Å². The van der Waals surface area contributed by atoms with Gasteiger partial charge in [-0.05, 0) is 72.5 Å². The number of hydrogen-bond acceptors (Lipinski definition) is 5. The number of primary amides is 1. The number of likely N-dealkylation sites (tertiary alicyclic amines) is 1. The average molecular weight is 604 g/mol. The first-order valence-corrected chi connectivity index (χ1v) is 15.3. The maximum atomic E-state index is 13.1. The number of halogens is 2. The number of amides is 2. The molecule has 0 saturated carbocycles. The monoisotopic (exact) mass is 602 g/mol. The molecule has 0 spiro atoms. The van der Waals surface area contributed by atoms with E-state index < -0.39 is 27.9 Å². The average Bonchev–Trinajstić information content (AvgIpc) is 2.86. The molecule has 0 aliphatic carbocycles. The number of benzene rings is 3. The van der Waals surface area contributed by atoms with Crippen LogP contribution in [0.2, 0.25) is 10.0 Å². The summed E-state index contributed by atoms with van der Waals surface area (Å²) in [4.78, 5) is 26.4. The van der Waals surface area contributed by atoms with Crippen LogP contribution in [0.4, 0.5) is 5.69 Å². The van der Waals surface area contributed by atoms with Crippen LogP contribution in [0.5, 0.6) is 0 Å². The number of rotatable bonds is 11. The van der Waals surface area contributed by atoms with E-state index in [0.29, 0.717) is 35.1 Å². The van der Waals surface area contributed by atoms with Gasteiger partial charge in [-0.2, -0.15) is 0 Å². The smallest absolute Gasteiger partial charge is 0.252 e. The van der Waals surface area contributed by atoms with Crippen molar-refractivity contribution < 1.29 is 18.0 Å². The van der Waals surface area contributed by atoms with Crippen molar-refractivity contribution in [2.75, 3.05) is 23.6 Å². The molecule has 4 rings (SSSR count). The van der Waals surface area contributed by atoms with Gasteiger partial charge < -0.3 is 11.1 Å². The van der Waals surface area contributed by atoms with E-state index >= 15 is 0 Å². The van der Waals surface area contributed by atoms with Crippen molar-refractivity contribution in [2.24, 2.45) is 11.7 Å². The van der Waals surface area contributed by atoms with E-state index in [1.54, 1.807) is 26.0 Å². The summed E-state index contributed by atoms with van der Waals surface area (Å²) in [5, 5.41) is 3.88. The molecule has 1 atom stereocenters. The third-order valence-electron chi connectivity index (χ3n) is 6.85. The molecule has 0 radical (unpaired) electrons. The van der Waals surface area contributed by atoms with Crippen LogP contribution < -0.4 is 15.8 Å². The minimum absolute atomic E-state index is 0.0630. The molecule has 212 valence electrons. The number of carbonyl (C=O) groups excluding carboxylic acids is 2. The van der Waals surface area contributed by atoms with Gasteiger partial charge in [0.25, 0.3) is 5.91 Å². The van der Waals surface area contributed by atoms with Gasteiger partial charge in [-0.1, -0.05) is 54.4 Å². The summed E-state index contributed by atoms with van der Waals surface area (Å²) in [5.41, 5.74) is 8.65. The van der Waals surface area contributed by atoms with Gasteiger partial charge in [0.1, 0.15) is 6.04 Å². The summed E-state index contributed by atoms with van der Waals surface area (Å²) in [5.74, 6) is -1.27. The molecule has 3 aromatic carbocycles. The molecule has 1 unspecified atom stereocenters. The Morgan fingerprint density at radius 3 is 2.02 bits per heavy atom. The molecule has 11 heteroatoms. The lowest BCUT2D eigenvalue weighted by Crippen LogP contribution is -2.51. The van der Waals surface area contributed by atoms with Crippen molar-refractivity contribution >= 4 is 50.7 Å². The van der Waals surface area contributed by atoms with Crippen molar-refractivity contribution in [1.29, 1.82) is 0 Å². The Bertz CT molecular complexity index is 1430. The van der Waals surface area contributed by atoms with Gasteiger partial charge in [0.2, 0.25) is 15.9 Å². The predicted octanol–water partition coefficient (Wildman–Crippen LogP) is 4.76. The third kappa shape index (κ3) is 7.54. The van der Waals surface area contributed by atoms with Crippen LogP contribution >= 0.6 is 23.2 Å². The summed E-state index contributed by atoms with van der Waals surface area (Å²) >= 11 is 12.2. The summed E-state index contributed by atoms with van der Waals surface area (Å²) < 4.78 is 28.8. The molecule has 1 aliphatic rings. The minimum Gasteiger partial charge on any atom is -0.368 e. The Kier molecular flexibility index (Phi) is 9.41. The molecule has 0 bridgehead atoms. The van der Waals surface area contributed by atoms with Gasteiger partial charge in [0, 0.05) is 40.3 Å². The van der Waals surface area contributed by atoms with Gasteiger partial charge in [-0.25, -0.2) is 8.42 Å². The quantitative estimate of drug-likeness (QED) is 0.292. The Morgan fingerprint density at radius 2 is 1.52 bits per heavy atom. The number of anilines is 1. The lowest BCUT2D eigenvalue weighted by Gasteiger charge is -2.44. The summed E-state index contributed by atoms with van der Waals surface area (Å²) in [6, 6.07) is 19.2. The highest BCUT2D eigenvalue weighted by atomic mass is 35.5. The molecule has 1 aliphatic heterocycles. The predicted molar refractivity (Wildman–Crippen MR) is 159 cm³/mol. The molecule has 2 amide bonds. The Balaban J connectivity index is 1.43. The molecule has 0 aromatic heterocycles. The highest BCUT2D eigenvalue weighted by Gasteiger charge is 2.36. The number of nitrogens with one attached hydrogen (secondary N) is 2. The molecule has 1 saturated heterocycles. The first-order valence-electron chi connectivity index (χ1n) is 12.9. The molecule has 1 heterocycles. The van der Waals surface area contributed by atoms with Crippen LogP contribution in [0.1, 0.15) is 46.4 Å². The summed E-state index contributed by atoms with van der Waals surface area (Å²) in [7, 11) is -3.70. The first kappa shape index (κ1) is 29.9. The maximum absolute atomic E-state index is 13.1. The largest absolute Gasteiger partial charge is 0.368 e. The van der Waals surface area contributed by atoms with Crippen LogP contribution in [0.3, 0.4) is 0 Å². The van der Waals surface area contributed by atoms with Crippen LogP contribution in [0.15, 0.2) is 66.7 Å². The lowest BCUT2D eigenvalue weighted by molar-refractivity contribution is -0.119. The van der Waals surface area contributed by atoms with Gasteiger partial charge in [0.05, 0.1) is 11.8 Å². The van der Waals surface area contributed by atoms with Gasteiger partial charge in [-0.15, -0.1) is 0 Å². The fraction of sp³-hybridized carbons (Fsp3) is 0.310. The molecule has 1 fully saturated rings. The highest BCUT2D eigenvalue weighted by molar-refractivity contribution is 7.92. The second-order valence-electron chi connectivity index (χ2n) is 10.1. The lowest BCUT2D eigenvalue weighted by atomic mass is 9.91. The van der Waals surface area contributed by atoms with Crippen molar-refractivity contribution in [3.05, 3.63) is 99.0 Å². The zero-order valence-corrected chi connectivity index (χ0v) is 24.6. The van der Waals surface area contributed by atoms with Gasteiger partial charge in [0.15, 0.2) is 0 Å². The Hall–Kier alpha value is -3.11. The number of sulfonamides is 1. The van der Waals surface area contributed by atoms with Crippen molar-refractivity contribution in [3.63, 3.8) is 0 Å². The van der Waals surface area contributed by atoms with E-state index in [1.807, 2.05) is 48.5 Å². The fourth-order valence-corrected chi connectivity index (χ4v) is 6.59. The van der Waals surface area contributed by atoms with E-state index in [0.717, 1.165) is 11.1 Å². The molecule has 4 N–H and O–H groups in total. The van der Waals surface area contributed by atoms with Gasteiger partial charge >= 0.3 is 0 Å². The maximum Gasteiger partial charge on any atom is 0.252 e. The highest BCUT2D eigenvalue weighted by Crippen LogP contribution is 2.36. The number of nitrogens with two attached hydrogens (primary N) is 1. The normalized spacial score (nSPS) is 14.9. The van der Waals surface area contributed by atoms with Crippen LogP contribution in [0, 0.1) is 12.8 Å². The summed E-state index contributed by atoms with van der Waals surface area (Å²) in [6.45, 7) is 4.67. The Morgan fingerprint density at radius 1 is 0.975 bits per heavy atom. The molecular weight excluding hydrogens is 571 g/mol. The van der Waals surface area contributed by atoms with Crippen molar-refractivity contribution in [3.8, 4) is 0 Å². The molecular formula is C29H32Cl2N4O4S. The van der Waals surface area contributed by atoms with E-state index in [4.69, 9.17) is 28.9 Å². The van der Waals surface area contributed by atoms with Crippen LogP contribution in [-0.4, -0.2) is 50.0 Å². The number of nitrogens with zero attached hydrogens (tertiary/aromatic N) is 1. The zero-order valence-electron chi connectivity index (χ0n) is 22.2. The standard InChI is InChI=1S/C29H32Cl2N4O4S/c1-3-26(28(32)36)33-29(37)22-12-18(2)13-25(14-22)34-40(38,39)17-19-15-35(16-19)27(20-4-8-23(30)9-5-20)21-6-10-24(31)11-7-21/h4-14,19,26-27,34H,3,15-17H2,1-2H3,(H2,32,36)(H,33,37). The second-order valence-corrected chi connectivity index (χ2v) is 12.8. The first-order chi connectivity index (χ1) is 18.9. The van der Waals surface area contributed by atoms with Crippen LogP contribution in [0.25, 0.3) is 0 Å². The number of hydrogen-bond donors (Lipinski definition) is 3. The van der Waals surface area contributed by atoms with Gasteiger partial charge in [-0.3, -0.25) is 19.2 Å². The van der Waals surface area contributed by atoms with E-state index in [-0.39, 0.29) is 29.0 Å². The van der Waals surface area contributed by atoms with E-state index in [2.05, 4.69) is 14.9 Å². The zero-order chi connectivity index (χ0) is 29.0. The number of aryl methyl sites for hydroxylation is 1. The summed E-state index contributed by atoms with van der Waals surface area (Å²) in [6.07, 6.45) is 0.349. The molecule has 3 aromatic rings. The Labute approximate surface area is 244 Å². The SMILES string of the molecule is CCC(NC(=O)c1cc(C)cc(NS(=O)(=O)CC2CN(C(c3ccc(Cl)cc3)c3ccc(Cl)cc3)C2)c1)C(N)=O. The van der Waals surface area contributed by atoms with Crippen molar-refractivity contribution in [1.82, 2.24) is 10.2 Å². The third-order valence-corrected chi connectivity index (χ3v) is 8.81. The topological polar surface area (TPSA) is 122 Å². The molecule has 8 nitrogen and oxygen atoms in total. The number of carbonyl (C=O) groups is 2.